The van der Waals surface area contributed by atoms with Crippen molar-refractivity contribution in [1.29, 1.82) is 0 Å². The lowest BCUT2D eigenvalue weighted by Crippen LogP contribution is -2.36. The van der Waals surface area contributed by atoms with Crippen LogP contribution >= 0.6 is 35.3 Å². The second-order valence-corrected chi connectivity index (χ2v) is 11.9. The van der Waals surface area contributed by atoms with Crippen molar-refractivity contribution in [2.75, 3.05) is 18.5 Å². The Hall–Kier alpha value is -3.21. The Labute approximate surface area is 234 Å². The Balaban J connectivity index is 1.30. The first-order chi connectivity index (χ1) is 18.3. The summed E-state index contributed by atoms with van der Waals surface area (Å²) in [6.45, 7) is 3.93. The van der Waals surface area contributed by atoms with Crippen LogP contribution in [0.25, 0.3) is 17.4 Å². The summed E-state index contributed by atoms with van der Waals surface area (Å²) in [4.78, 5) is 41.6. The smallest absolute Gasteiger partial charge is 0.341 e. The number of fused-ring (bicyclic) bond motifs is 1. The lowest BCUT2D eigenvalue weighted by atomic mass is 9.88. The molecule has 1 atom stereocenters. The van der Waals surface area contributed by atoms with Crippen molar-refractivity contribution in [3.8, 4) is 11.3 Å². The molecule has 2 amide bonds. The highest BCUT2D eigenvalue weighted by Gasteiger charge is 2.35. The summed E-state index contributed by atoms with van der Waals surface area (Å²) in [7, 11) is 0. The first kappa shape index (κ1) is 26.4. The molecule has 1 aliphatic carbocycles. The van der Waals surface area contributed by atoms with E-state index in [0.717, 1.165) is 47.0 Å². The van der Waals surface area contributed by atoms with Gasteiger partial charge in [-0.15, -0.1) is 11.3 Å². The van der Waals surface area contributed by atoms with E-state index in [4.69, 9.17) is 21.4 Å². The second kappa shape index (κ2) is 11.3. The number of nitrogens with zero attached hydrogens (tertiary/aromatic N) is 1. The van der Waals surface area contributed by atoms with Crippen molar-refractivity contribution in [2.24, 2.45) is 5.92 Å². The molecule has 1 fully saturated rings. The SMILES string of the molecule is CCOC(=O)c1c(NC(=O)CN2C(=O)/C(=C/c3ccc(-c4ccccc4)o3)SC2=S)sc2c1CCC(C)C2. The van der Waals surface area contributed by atoms with Gasteiger partial charge in [-0.3, -0.25) is 14.5 Å². The number of benzene rings is 1. The summed E-state index contributed by atoms with van der Waals surface area (Å²) in [5, 5.41) is 3.32. The molecule has 7 nitrogen and oxygen atoms in total. The van der Waals surface area contributed by atoms with E-state index < -0.39 is 11.9 Å². The van der Waals surface area contributed by atoms with E-state index in [1.54, 1.807) is 19.1 Å². The average molecular weight is 567 g/mol. The molecule has 5 rings (SSSR count). The van der Waals surface area contributed by atoms with Gasteiger partial charge in [-0.05, 0) is 49.8 Å². The molecular weight excluding hydrogens is 541 g/mol. The van der Waals surface area contributed by atoms with Gasteiger partial charge in [-0.1, -0.05) is 61.2 Å². The van der Waals surface area contributed by atoms with Crippen LogP contribution in [-0.2, 0) is 27.2 Å². The van der Waals surface area contributed by atoms with Gasteiger partial charge in [-0.2, -0.15) is 0 Å². The number of esters is 1. The Bertz CT molecular complexity index is 1440. The minimum Gasteiger partial charge on any atom is -0.462 e. The number of thioether (sulfide) groups is 1. The average Bonchev–Trinajstić information content (AvgIpc) is 3.57. The number of hydrogen-bond acceptors (Lipinski definition) is 8. The Morgan fingerprint density at radius 2 is 2.03 bits per heavy atom. The quantitative estimate of drug-likeness (QED) is 0.208. The third-order valence-corrected chi connectivity index (χ3v) is 8.93. The van der Waals surface area contributed by atoms with Crippen LogP contribution in [0.4, 0.5) is 5.00 Å². The van der Waals surface area contributed by atoms with Crippen LogP contribution in [0.2, 0.25) is 0 Å². The summed E-state index contributed by atoms with van der Waals surface area (Å²) in [5.74, 6) is 0.501. The van der Waals surface area contributed by atoms with Crippen LogP contribution < -0.4 is 5.32 Å². The number of amides is 2. The first-order valence-corrected chi connectivity index (χ1v) is 14.4. The summed E-state index contributed by atoms with van der Waals surface area (Å²) in [6.07, 6.45) is 4.25. The molecule has 1 aliphatic heterocycles. The minimum absolute atomic E-state index is 0.249. The normalized spacial score (nSPS) is 18.1. The summed E-state index contributed by atoms with van der Waals surface area (Å²) < 4.78 is 11.5. The number of nitrogens with one attached hydrogen (secondary N) is 1. The number of anilines is 1. The number of ether oxygens (including phenoxy) is 1. The lowest BCUT2D eigenvalue weighted by molar-refractivity contribution is -0.126. The van der Waals surface area contributed by atoms with Crippen LogP contribution in [0.5, 0.6) is 0 Å². The highest BCUT2D eigenvalue weighted by atomic mass is 32.2. The van der Waals surface area contributed by atoms with E-state index in [2.05, 4.69) is 12.2 Å². The predicted molar refractivity (Wildman–Crippen MR) is 154 cm³/mol. The number of thiocarbonyl (C=S) groups is 1. The zero-order valence-corrected chi connectivity index (χ0v) is 23.4. The van der Waals surface area contributed by atoms with Crippen molar-refractivity contribution in [1.82, 2.24) is 4.90 Å². The largest absolute Gasteiger partial charge is 0.462 e. The molecule has 1 aromatic carbocycles. The van der Waals surface area contributed by atoms with Crippen molar-refractivity contribution in [3.05, 3.63) is 69.1 Å². The number of thiophene rings is 1. The van der Waals surface area contributed by atoms with Crippen LogP contribution in [0.1, 0.15) is 46.8 Å². The van der Waals surface area contributed by atoms with Gasteiger partial charge in [0.15, 0.2) is 0 Å². The molecule has 3 aromatic rings. The molecule has 1 saturated heterocycles. The summed E-state index contributed by atoms with van der Waals surface area (Å²) in [6, 6.07) is 13.3. The van der Waals surface area contributed by atoms with Gasteiger partial charge in [0, 0.05) is 16.5 Å². The number of carbonyl (C=O) groups excluding carboxylic acids is 3. The predicted octanol–water partition coefficient (Wildman–Crippen LogP) is 6.15. The Morgan fingerprint density at radius 1 is 1.24 bits per heavy atom. The Kier molecular flexibility index (Phi) is 7.83. The zero-order valence-electron chi connectivity index (χ0n) is 20.9. The molecule has 0 bridgehead atoms. The fourth-order valence-electron chi connectivity index (χ4n) is 4.52. The molecule has 2 aromatic heterocycles. The van der Waals surface area contributed by atoms with Crippen LogP contribution in [0, 0.1) is 5.92 Å². The van der Waals surface area contributed by atoms with Crippen molar-refractivity contribution in [2.45, 2.75) is 33.1 Å². The van der Waals surface area contributed by atoms with Gasteiger partial charge in [0.05, 0.1) is 17.1 Å². The standard InChI is InChI=1S/C28H26N2O5S3/c1-3-34-27(33)24-19-11-9-16(2)13-21(19)37-25(24)29-23(31)15-30-26(32)22(38-28(30)36)14-18-10-12-20(35-18)17-7-5-4-6-8-17/h4-8,10,12,14,16H,3,9,11,13,15H2,1-2H3,(H,29,31)/b22-14-. The number of hydrogen-bond donors (Lipinski definition) is 1. The first-order valence-electron chi connectivity index (χ1n) is 12.4. The summed E-state index contributed by atoms with van der Waals surface area (Å²) >= 11 is 7.94. The molecule has 1 N–H and O–H groups in total. The molecule has 1 unspecified atom stereocenters. The highest BCUT2D eigenvalue weighted by Crippen LogP contribution is 2.40. The number of furan rings is 1. The molecule has 196 valence electrons. The van der Waals surface area contributed by atoms with Gasteiger partial charge in [0.1, 0.15) is 27.4 Å². The van der Waals surface area contributed by atoms with Crippen molar-refractivity contribution < 1.29 is 23.5 Å². The van der Waals surface area contributed by atoms with Gasteiger partial charge in [0.2, 0.25) is 5.91 Å². The molecule has 0 spiro atoms. The van der Waals surface area contributed by atoms with Gasteiger partial charge in [-0.25, -0.2) is 4.79 Å². The third kappa shape index (κ3) is 5.48. The maximum atomic E-state index is 13.1. The van der Waals surface area contributed by atoms with Gasteiger partial charge in [0.25, 0.3) is 5.91 Å². The fourth-order valence-corrected chi connectivity index (χ4v) is 7.17. The molecule has 2 aliphatic rings. The lowest BCUT2D eigenvalue weighted by Gasteiger charge is -2.18. The van der Waals surface area contributed by atoms with Crippen LogP contribution in [-0.4, -0.2) is 40.2 Å². The molecule has 3 heterocycles. The topological polar surface area (TPSA) is 88.9 Å². The number of carbonyl (C=O) groups is 3. The van der Waals surface area contributed by atoms with E-state index in [-0.39, 0.29) is 23.4 Å². The molecule has 38 heavy (non-hydrogen) atoms. The highest BCUT2D eigenvalue weighted by molar-refractivity contribution is 8.26. The maximum Gasteiger partial charge on any atom is 0.341 e. The molecular formula is C28H26N2O5S3. The van der Waals surface area contributed by atoms with E-state index in [1.165, 1.54) is 16.2 Å². The minimum atomic E-state index is -0.434. The zero-order chi connectivity index (χ0) is 26.8. The van der Waals surface area contributed by atoms with E-state index in [1.807, 2.05) is 36.4 Å². The van der Waals surface area contributed by atoms with E-state index in [0.29, 0.717) is 32.9 Å². The fraction of sp³-hybridized carbons (Fsp3) is 0.286. The van der Waals surface area contributed by atoms with E-state index in [9.17, 15) is 14.4 Å². The van der Waals surface area contributed by atoms with Gasteiger partial charge >= 0.3 is 5.97 Å². The second-order valence-electron chi connectivity index (χ2n) is 9.16. The third-order valence-electron chi connectivity index (χ3n) is 6.38. The maximum absolute atomic E-state index is 13.1. The van der Waals surface area contributed by atoms with Crippen molar-refractivity contribution >= 4 is 68.5 Å². The Morgan fingerprint density at radius 3 is 2.79 bits per heavy atom. The van der Waals surface area contributed by atoms with Crippen LogP contribution in [0.15, 0.2) is 51.8 Å². The van der Waals surface area contributed by atoms with Crippen LogP contribution in [0.3, 0.4) is 0 Å². The summed E-state index contributed by atoms with van der Waals surface area (Å²) in [5.41, 5.74) is 2.33. The van der Waals surface area contributed by atoms with Crippen molar-refractivity contribution in [3.63, 3.8) is 0 Å². The molecule has 0 saturated carbocycles. The van der Waals surface area contributed by atoms with Gasteiger partial charge < -0.3 is 14.5 Å². The molecule has 0 radical (unpaired) electrons. The monoisotopic (exact) mass is 566 g/mol. The van der Waals surface area contributed by atoms with E-state index >= 15 is 0 Å². The number of rotatable bonds is 7. The molecule has 10 heteroatoms.